The summed E-state index contributed by atoms with van der Waals surface area (Å²) in [6.45, 7) is 2.14. The topological polar surface area (TPSA) is 20.7 Å². The van der Waals surface area contributed by atoms with Crippen LogP contribution in [0.15, 0.2) is 18.2 Å². The highest BCUT2D eigenvalue weighted by molar-refractivity contribution is 7.99. The highest BCUT2D eigenvalue weighted by Crippen LogP contribution is 2.37. The lowest BCUT2D eigenvalue weighted by Gasteiger charge is -2.13. The predicted molar refractivity (Wildman–Crippen MR) is 82.1 cm³/mol. The van der Waals surface area contributed by atoms with Crippen molar-refractivity contribution in [1.29, 1.82) is 0 Å². The Kier molecular flexibility index (Phi) is 3.24. The molecule has 0 aliphatic heterocycles. The van der Waals surface area contributed by atoms with Crippen molar-refractivity contribution in [3.63, 3.8) is 0 Å². The van der Waals surface area contributed by atoms with Crippen LogP contribution in [0.3, 0.4) is 0 Å². The molecule has 2 aromatic rings. The summed E-state index contributed by atoms with van der Waals surface area (Å²) in [6, 6.07) is 7.09. The minimum Gasteiger partial charge on any atom is -0.331 e. The van der Waals surface area contributed by atoms with Crippen molar-refractivity contribution in [3.8, 4) is 0 Å². The molecule has 18 heavy (non-hydrogen) atoms. The third-order valence-corrected chi connectivity index (χ3v) is 5.32. The van der Waals surface area contributed by atoms with Gasteiger partial charge < -0.3 is 9.55 Å². The average molecular weight is 278 g/mol. The summed E-state index contributed by atoms with van der Waals surface area (Å²) in [4.78, 5) is 3.33. The fourth-order valence-electron chi connectivity index (χ4n) is 2.96. The van der Waals surface area contributed by atoms with E-state index in [1.165, 1.54) is 35.9 Å². The molecule has 2 nitrogen and oxygen atoms in total. The zero-order chi connectivity index (χ0) is 12.7. The summed E-state index contributed by atoms with van der Waals surface area (Å²) in [5.41, 5.74) is 3.73. The molecule has 0 radical (unpaired) electrons. The number of H-pyrrole nitrogens is 1. The van der Waals surface area contributed by atoms with Crippen LogP contribution in [0.2, 0.25) is 0 Å². The van der Waals surface area contributed by atoms with Crippen molar-refractivity contribution >= 4 is 35.0 Å². The van der Waals surface area contributed by atoms with Gasteiger partial charge in [-0.2, -0.15) is 11.8 Å². The lowest BCUT2D eigenvalue weighted by Crippen LogP contribution is -2.06. The monoisotopic (exact) mass is 278 g/mol. The van der Waals surface area contributed by atoms with E-state index in [0.29, 0.717) is 6.04 Å². The molecule has 0 bridgehead atoms. The third kappa shape index (κ3) is 2.01. The summed E-state index contributed by atoms with van der Waals surface area (Å²) in [5, 5.41) is 0.798. The highest BCUT2D eigenvalue weighted by atomic mass is 32.2. The maximum Gasteiger partial charge on any atom is 0.178 e. The van der Waals surface area contributed by atoms with E-state index in [2.05, 4.69) is 40.9 Å². The Morgan fingerprint density at radius 1 is 1.39 bits per heavy atom. The first kappa shape index (κ1) is 12.3. The Morgan fingerprint density at radius 3 is 2.94 bits per heavy atom. The molecule has 1 saturated carbocycles. The summed E-state index contributed by atoms with van der Waals surface area (Å²) < 4.78 is 3.22. The van der Waals surface area contributed by atoms with Gasteiger partial charge in [0.05, 0.1) is 11.0 Å². The van der Waals surface area contributed by atoms with Gasteiger partial charge in [-0.1, -0.05) is 6.07 Å². The van der Waals surface area contributed by atoms with Gasteiger partial charge in [-0.15, -0.1) is 0 Å². The van der Waals surface area contributed by atoms with Gasteiger partial charge in [0.15, 0.2) is 4.77 Å². The third-order valence-electron chi connectivity index (χ3n) is 3.93. The standard InChI is InChI=1S/C14H18N2S2/c1-9-3-6-12-13(7-9)16(14(17)15-12)10-4-5-11(8-10)18-2/h3,6-7,10-11H,4-5,8H2,1-2H3,(H,15,17). The van der Waals surface area contributed by atoms with E-state index in [-0.39, 0.29) is 0 Å². The SMILES string of the molecule is CSC1CCC(n2c(=S)[nH]c3ccc(C)cc32)C1. The van der Waals surface area contributed by atoms with Gasteiger partial charge in [0.1, 0.15) is 0 Å². The smallest absolute Gasteiger partial charge is 0.178 e. The number of fused-ring (bicyclic) bond motifs is 1. The van der Waals surface area contributed by atoms with E-state index in [1.54, 1.807) is 0 Å². The second-order valence-electron chi connectivity index (χ2n) is 5.15. The number of aryl methyl sites for hydroxylation is 1. The Bertz CT molecular complexity index is 626. The van der Waals surface area contributed by atoms with E-state index in [0.717, 1.165) is 10.0 Å². The molecule has 1 aromatic carbocycles. The molecule has 0 spiro atoms. The zero-order valence-corrected chi connectivity index (χ0v) is 12.4. The van der Waals surface area contributed by atoms with Crippen LogP contribution >= 0.6 is 24.0 Å². The molecule has 0 saturated heterocycles. The molecule has 2 unspecified atom stereocenters. The molecule has 1 aliphatic carbocycles. The van der Waals surface area contributed by atoms with E-state index >= 15 is 0 Å². The fourth-order valence-corrected chi connectivity index (χ4v) is 4.10. The zero-order valence-electron chi connectivity index (χ0n) is 10.8. The molecule has 4 heteroatoms. The predicted octanol–water partition coefficient (Wildman–Crippen LogP) is 4.46. The number of thioether (sulfide) groups is 1. The van der Waals surface area contributed by atoms with Crippen molar-refractivity contribution in [3.05, 3.63) is 28.5 Å². The summed E-state index contributed by atoms with van der Waals surface area (Å²) >= 11 is 7.50. The number of nitrogens with zero attached hydrogens (tertiary/aromatic N) is 1. The van der Waals surface area contributed by atoms with Crippen LogP contribution in [0.25, 0.3) is 11.0 Å². The number of hydrogen-bond donors (Lipinski definition) is 1. The van der Waals surface area contributed by atoms with E-state index < -0.39 is 0 Å². The van der Waals surface area contributed by atoms with Crippen LogP contribution in [0.4, 0.5) is 0 Å². The van der Waals surface area contributed by atoms with E-state index in [1.807, 2.05) is 11.8 Å². The summed E-state index contributed by atoms with van der Waals surface area (Å²) in [6.07, 6.45) is 6.02. The number of aromatic nitrogens is 2. The molecule has 1 N–H and O–H groups in total. The molecular formula is C14H18N2S2. The van der Waals surface area contributed by atoms with Gasteiger partial charge in [-0.25, -0.2) is 0 Å². The fraction of sp³-hybridized carbons (Fsp3) is 0.500. The molecule has 96 valence electrons. The second kappa shape index (κ2) is 4.74. The van der Waals surface area contributed by atoms with Crippen molar-refractivity contribution in [2.24, 2.45) is 0 Å². The minimum absolute atomic E-state index is 0.575. The average Bonchev–Trinajstić information content (AvgIpc) is 2.92. The number of hydrogen-bond acceptors (Lipinski definition) is 2. The van der Waals surface area contributed by atoms with E-state index in [4.69, 9.17) is 12.2 Å². The minimum atomic E-state index is 0.575. The molecule has 2 atom stereocenters. The first-order valence-corrected chi connectivity index (χ1v) is 8.12. The largest absolute Gasteiger partial charge is 0.331 e. The number of benzene rings is 1. The van der Waals surface area contributed by atoms with Crippen LogP contribution in [0.1, 0.15) is 30.9 Å². The Balaban J connectivity index is 2.08. The maximum absolute atomic E-state index is 5.51. The lowest BCUT2D eigenvalue weighted by molar-refractivity contribution is 0.527. The van der Waals surface area contributed by atoms with Crippen LogP contribution in [0, 0.1) is 11.7 Å². The summed E-state index contributed by atoms with van der Waals surface area (Å²) in [7, 11) is 0. The quantitative estimate of drug-likeness (QED) is 0.818. The number of nitrogens with one attached hydrogen (secondary N) is 1. The molecule has 1 aromatic heterocycles. The molecule has 1 heterocycles. The molecule has 1 aliphatic rings. The lowest BCUT2D eigenvalue weighted by atomic mass is 10.2. The van der Waals surface area contributed by atoms with Crippen LogP contribution in [0.5, 0.6) is 0 Å². The Morgan fingerprint density at radius 2 is 2.22 bits per heavy atom. The number of imidazole rings is 1. The normalized spacial score (nSPS) is 23.9. The van der Waals surface area contributed by atoms with Crippen LogP contribution in [-0.2, 0) is 0 Å². The van der Waals surface area contributed by atoms with Gasteiger partial charge >= 0.3 is 0 Å². The van der Waals surface area contributed by atoms with Gasteiger partial charge in [0.2, 0.25) is 0 Å². The van der Waals surface area contributed by atoms with Crippen molar-refractivity contribution in [2.75, 3.05) is 6.26 Å². The Hall–Kier alpha value is -0.740. The summed E-state index contributed by atoms with van der Waals surface area (Å²) in [5.74, 6) is 0. The highest BCUT2D eigenvalue weighted by Gasteiger charge is 2.26. The number of aromatic amines is 1. The van der Waals surface area contributed by atoms with Gasteiger partial charge in [-0.3, -0.25) is 0 Å². The van der Waals surface area contributed by atoms with Gasteiger partial charge in [-0.05, 0) is 62.4 Å². The van der Waals surface area contributed by atoms with Crippen molar-refractivity contribution in [1.82, 2.24) is 9.55 Å². The first-order valence-electron chi connectivity index (χ1n) is 6.42. The van der Waals surface area contributed by atoms with Crippen LogP contribution in [-0.4, -0.2) is 21.1 Å². The second-order valence-corrected chi connectivity index (χ2v) is 6.67. The molecular weight excluding hydrogens is 260 g/mol. The van der Waals surface area contributed by atoms with Crippen molar-refractivity contribution in [2.45, 2.75) is 37.5 Å². The van der Waals surface area contributed by atoms with Crippen molar-refractivity contribution < 1.29 is 0 Å². The molecule has 0 amide bonds. The number of rotatable bonds is 2. The molecule has 3 rings (SSSR count). The maximum atomic E-state index is 5.51. The Labute approximate surface area is 117 Å². The molecule has 1 fully saturated rings. The van der Waals surface area contributed by atoms with Crippen LogP contribution < -0.4 is 0 Å². The van der Waals surface area contributed by atoms with Gasteiger partial charge in [0.25, 0.3) is 0 Å². The van der Waals surface area contributed by atoms with E-state index in [9.17, 15) is 0 Å². The first-order chi connectivity index (χ1) is 8.69. The van der Waals surface area contributed by atoms with Gasteiger partial charge in [0, 0.05) is 11.3 Å².